The maximum absolute atomic E-state index is 12.5. The van der Waals surface area contributed by atoms with E-state index in [0.717, 1.165) is 0 Å². The number of aliphatic carboxylic acids is 2. The minimum Gasteiger partial charge on any atom is -0.508 e. The van der Waals surface area contributed by atoms with E-state index in [1.807, 2.05) is 0 Å². The Kier molecular flexibility index (Phi) is 9.92. The highest BCUT2D eigenvalue weighted by atomic mass is 16.4. The minimum absolute atomic E-state index is 0.0249. The Morgan fingerprint density at radius 3 is 2.10 bits per heavy atom. The van der Waals surface area contributed by atoms with Gasteiger partial charge in [-0.15, -0.1) is 0 Å². The van der Waals surface area contributed by atoms with Crippen molar-refractivity contribution < 1.29 is 39.3 Å². The van der Waals surface area contributed by atoms with E-state index in [4.69, 9.17) is 15.9 Å². The zero-order valence-corrected chi connectivity index (χ0v) is 16.8. The van der Waals surface area contributed by atoms with Gasteiger partial charge in [-0.1, -0.05) is 12.1 Å². The van der Waals surface area contributed by atoms with E-state index >= 15 is 0 Å². The smallest absolute Gasteiger partial charge is 0.326 e. The van der Waals surface area contributed by atoms with Gasteiger partial charge < -0.3 is 37.0 Å². The molecular formula is C19H26N4O8. The molecule has 31 heavy (non-hydrogen) atoms. The molecule has 0 aliphatic carbocycles. The van der Waals surface area contributed by atoms with Gasteiger partial charge in [-0.2, -0.15) is 0 Å². The molecule has 170 valence electrons. The van der Waals surface area contributed by atoms with Gasteiger partial charge in [0.15, 0.2) is 0 Å². The Labute approximate surface area is 177 Å². The number of nitrogens with two attached hydrogens (primary N) is 1. The Bertz CT molecular complexity index is 810. The maximum Gasteiger partial charge on any atom is 0.326 e. The summed E-state index contributed by atoms with van der Waals surface area (Å²) in [5.41, 5.74) is 6.13. The molecule has 0 aromatic heterocycles. The number of carboxylic acid groups (broad SMARTS) is 2. The summed E-state index contributed by atoms with van der Waals surface area (Å²) in [6.45, 7) is 0.845. The minimum atomic E-state index is -1.42. The standard InChI is InChI=1S/C19H26N4O8/c1-10(20)17(28)23-14(8-11-2-4-12(24)5-3-11)18(29)21-9-15(25)22-13(19(30)31)6-7-16(26)27/h2-5,10,13-14,24H,6-9,20H2,1H3,(H,21,29)(H,22,25)(H,23,28)(H,26,27)(H,30,31). The van der Waals surface area contributed by atoms with Gasteiger partial charge in [-0.05, 0) is 31.0 Å². The number of hydrogen-bond donors (Lipinski definition) is 7. The fourth-order valence-corrected chi connectivity index (χ4v) is 2.44. The summed E-state index contributed by atoms with van der Waals surface area (Å²) in [4.78, 5) is 58.2. The first-order chi connectivity index (χ1) is 14.5. The topological polar surface area (TPSA) is 208 Å². The maximum atomic E-state index is 12.5. The van der Waals surface area contributed by atoms with Gasteiger partial charge in [-0.25, -0.2) is 4.79 Å². The molecule has 8 N–H and O–H groups in total. The van der Waals surface area contributed by atoms with Gasteiger partial charge in [0.2, 0.25) is 17.7 Å². The Morgan fingerprint density at radius 2 is 1.58 bits per heavy atom. The summed E-state index contributed by atoms with van der Waals surface area (Å²) in [7, 11) is 0. The molecule has 1 aromatic carbocycles. The number of benzene rings is 1. The van der Waals surface area contributed by atoms with Crippen molar-refractivity contribution >= 4 is 29.7 Å². The highest BCUT2D eigenvalue weighted by molar-refractivity contribution is 5.92. The van der Waals surface area contributed by atoms with Gasteiger partial charge in [-0.3, -0.25) is 19.2 Å². The molecule has 0 heterocycles. The molecule has 12 heteroatoms. The molecule has 0 aliphatic heterocycles. The second-order valence-corrected chi connectivity index (χ2v) is 6.83. The summed E-state index contributed by atoms with van der Waals surface area (Å²) < 4.78 is 0. The summed E-state index contributed by atoms with van der Waals surface area (Å²) in [6.07, 6.45) is -0.734. The first kappa shape index (κ1) is 25.4. The summed E-state index contributed by atoms with van der Waals surface area (Å²) >= 11 is 0. The first-order valence-electron chi connectivity index (χ1n) is 9.35. The number of carbonyl (C=O) groups excluding carboxylic acids is 3. The van der Waals surface area contributed by atoms with Crippen molar-refractivity contribution in [3.63, 3.8) is 0 Å². The number of hydrogen-bond acceptors (Lipinski definition) is 7. The van der Waals surface area contributed by atoms with E-state index in [1.54, 1.807) is 12.1 Å². The molecule has 0 saturated carbocycles. The molecule has 3 amide bonds. The molecule has 0 radical (unpaired) electrons. The number of phenolic OH excluding ortho intramolecular Hbond substituents is 1. The molecule has 3 unspecified atom stereocenters. The van der Waals surface area contributed by atoms with E-state index in [1.165, 1.54) is 19.1 Å². The van der Waals surface area contributed by atoms with Crippen LogP contribution < -0.4 is 21.7 Å². The predicted octanol–water partition coefficient (Wildman–Crippen LogP) is -1.68. The van der Waals surface area contributed by atoms with Crippen LogP contribution in [-0.2, 0) is 30.4 Å². The van der Waals surface area contributed by atoms with Crippen LogP contribution in [0.2, 0.25) is 0 Å². The average molecular weight is 438 g/mol. The van der Waals surface area contributed by atoms with Crippen LogP contribution in [0.25, 0.3) is 0 Å². The molecule has 1 aromatic rings. The lowest BCUT2D eigenvalue weighted by molar-refractivity contribution is -0.143. The Balaban J connectivity index is 2.74. The van der Waals surface area contributed by atoms with E-state index in [9.17, 15) is 29.1 Å². The number of aromatic hydroxyl groups is 1. The third kappa shape index (κ3) is 9.58. The second-order valence-electron chi connectivity index (χ2n) is 6.83. The fraction of sp³-hybridized carbons (Fsp3) is 0.421. The summed E-state index contributed by atoms with van der Waals surface area (Å²) in [5, 5.41) is 34.0. The van der Waals surface area contributed by atoms with Crippen molar-refractivity contribution in [3.8, 4) is 5.75 Å². The van der Waals surface area contributed by atoms with E-state index in [0.29, 0.717) is 5.56 Å². The van der Waals surface area contributed by atoms with Crippen LogP contribution in [0, 0.1) is 0 Å². The largest absolute Gasteiger partial charge is 0.508 e. The third-order valence-electron chi connectivity index (χ3n) is 4.13. The van der Waals surface area contributed by atoms with E-state index in [-0.39, 0.29) is 18.6 Å². The van der Waals surface area contributed by atoms with Gasteiger partial charge in [0, 0.05) is 12.8 Å². The van der Waals surface area contributed by atoms with Crippen molar-refractivity contribution in [1.82, 2.24) is 16.0 Å². The highest BCUT2D eigenvalue weighted by Crippen LogP contribution is 2.11. The van der Waals surface area contributed by atoms with Crippen LogP contribution in [0.3, 0.4) is 0 Å². The molecule has 12 nitrogen and oxygen atoms in total. The number of carbonyl (C=O) groups is 5. The van der Waals surface area contributed by atoms with Crippen molar-refractivity contribution in [2.24, 2.45) is 5.73 Å². The van der Waals surface area contributed by atoms with Crippen LogP contribution >= 0.6 is 0 Å². The average Bonchev–Trinajstić information content (AvgIpc) is 2.69. The SMILES string of the molecule is CC(N)C(=O)NC(Cc1ccc(O)cc1)C(=O)NCC(=O)NC(CCC(=O)O)C(=O)O. The molecular weight excluding hydrogens is 412 g/mol. The zero-order chi connectivity index (χ0) is 23.6. The molecule has 1 rings (SSSR count). The number of nitrogens with one attached hydrogen (secondary N) is 3. The normalized spacial score (nSPS) is 13.4. The first-order valence-corrected chi connectivity index (χ1v) is 9.35. The lowest BCUT2D eigenvalue weighted by Crippen LogP contribution is -2.53. The van der Waals surface area contributed by atoms with Crippen molar-refractivity contribution in [1.29, 1.82) is 0 Å². The Hall–Kier alpha value is -3.67. The quantitative estimate of drug-likeness (QED) is 0.198. The number of amides is 3. The number of carboxylic acids is 2. The highest BCUT2D eigenvalue weighted by Gasteiger charge is 2.25. The molecule has 0 aliphatic rings. The van der Waals surface area contributed by atoms with Gasteiger partial charge in [0.1, 0.15) is 17.8 Å². The second kappa shape index (κ2) is 12.1. The van der Waals surface area contributed by atoms with Gasteiger partial charge in [0.05, 0.1) is 12.6 Å². The van der Waals surface area contributed by atoms with Crippen molar-refractivity contribution in [2.45, 2.75) is 44.3 Å². The lowest BCUT2D eigenvalue weighted by atomic mass is 10.0. The van der Waals surface area contributed by atoms with Crippen LogP contribution in [0.15, 0.2) is 24.3 Å². The Morgan fingerprint density at radius 1 is 0.968 bits per heavy atom. The number of phenols is 1. The molecule has 3 atom stereocenters. The van der Waals surface area contributed by atoms with Gasteiger partial charge in [0.25, 0.3) is 0 Å². The number of rotatable bonds is 12. The zero-order valence-electron chi connectivity index (χ0n) is 16.8. The summed E-state index contributed by atoms with van der Waals surface area (Å²) in [5.74, 6) is -4.74. The molecule has 0 saturated heterocycles. The lowest BCUT2D eigenvalue weighted by Gasteiger charge is -2.20. The van der Waals surface area contributed by atoms with Crippen LogP contribution in [0.4, 0.5) is 0 Å². The predicted molar refractivity (Wildman–Crippen MR) is 107 cm³/mol. The summed E-state index contributed by atoms with van der Waals surface area (Å²) in [6, 6.07) is 2.54. The van der Waals surface area contributed by atoms with Crippen LogP contribution in [0.1, 0.15) is 25.3 Å². The van der Waals surface area contributed by atoms with E-state index in [2.05, 4.69) is 16.0 Å². The monoisotopic (exact) mass is 438 g/mol. The molecule has 0 bridgehead atoms. The van der Waals surface area contributed by atoms with Crippen LogP contribution in [-0.4, -0.2) is 69.7 Å². The third-order valence-corrected chi connectivity index (χ3v) is 4.13. The van der Waals surface area contributed by atoms with Gasteiger partial charge >= 0.3 is 11.9 Å². The van der Waals surface area contributed by atoms with Crippen LogP contribution in [0.5, 0.6) is 5.75 Å². The molecule has 0 fully saturated rings. The van der Waals surface area contributed by atoms with Crippen molar-refractivity contribution in [3.05, 3.63) is 29.8 Å². The molecule has 0 spiro atoms. The fourth-order valence-electron chi connectivity index (χ4n) is 2.44. The van der Waals surface area contributed by atoms with Crippen molar-refractivity contribution in [2.75, 3.05) is 6.54 Å². The van der Waals surface area contributed by atoms with E-state index < -0.39 is 60.8 Å².